The molecule has 1 unspecified atom stereocenters. The molecular weight excluding hydrogens is 176 g/mol. The predicted octanol–water partition coefficient (Wildman–Crippen LogP) is 2.42. The number of Topliss-reactive ketones (excluding diaryl/α,β-unsaturated/α-hetero) is 1. The number of halogens is 1. The molecule has 1 N–H and O–H groups in total. The first-order chi connectivity index (χ1) is 5.36. The van der Waals surface area contributed by atoms with Crippen molar-refractivity contribution >= 4 is 17.4 Å². The maximum absolute atomic E-state index is 11.3. The smallest absolute Gasteiger partial charge is 0.215 e. The van der Waals surface area contributed by atoms with Gasteiger partial charge in [-0.2, -0.15) is 0 Å². The topological polar surface area (TPSA) is 37.3 Å². The van der Waals surface area contributed by atoms with Crippen molar-refractivity contribution in [1.82, 2.24) is 0 Å². The Bertz CT molecular complexity index is 253. The Morgan fingerprint density at radius 1 is 1.58 bits per heavy atom. The van der Waals surface area contributed by atoms with Gasteiger partial charge in [0.15, 0.2) is 5.76 Å². The van der Waals surface area contributed by atoms with E-state index in [0.29, 0.717) is 6.42 Å². The highest BCUT2D eigenvalue weighted by molar-refractivity contribution is 6.34. The molecule has 0 amide bonds. The summed E-state index contributed by atoms with van der Waals surface area (Å²) in [6.07, 6.45) is 0.679. The van der Waals surface area contributed by atoms with Gasteiger partial charge in [0, 0.05) is 0 Å². The number of hydrogen-bond donors (Lipinski definition) is 1. The Morgan fingerprint density at radius 2 is 2.08 bits per heavy atom. The molecule has 0 saturated heterocycles. The summed E-state index contributed by atoms with van der Waals surface area (Å²) in [6.45, 7) is 5.62. The number of allylic oxidation sites excluding steroid dienone is 2. The van der Waals surface area contributed by atoms with Crippen molar-refractivity contribution in [2.75, 3.05) is 0 Å². The molecule has 2 nitrogen and oxygen atoms in total. The SMILES string of the molecule is CC1=C(O)C(=O)C(Cl)C(C)(C)C1. The van der Waals surface area contributed by atoms with E-state index in [1.54, 1.807) is 6.92 Å². The standard InChI is InChI=1S/C9H13ClO2/c1-5-4-9(2,3)8(10)7(12)6(5)11/h8,11H,4H2,1-3H3. The van der Waals surface area contributed by atoms with Crippen LogP contribution in [0, 0.1) is 5.41 Å². The summed E-state index contributed by atoms with van der Waals surface area (Å²) in [7, 11) is 0. The van der Waals surface area contributed by atoms with Crippen LogP contribution < -0.4 is 0 Å². The van der Waals surface area contributed by atoms with Gasteiger partial charge in [-0.1, -0.05) is 13.8 Å². The number of aliphatic hydroxyl groups excluding tert-OH is 1. The minimum absolute atomic E-state index is 0.144. The van der Waals surface area contributed by atoms with Gasteiger partial charge < -0.3 is 5.11 Å². The van der Waals surface area contributed by atoms with Crippen molar-refractivity contribution in [2.45, 2.75) is 32.6 Å². The Kier molecular flexibility index (Phi) is 2.21. The second-order valence-corrected chi connectivity index (χ2v) is 4.46. The lowest BCUT2D eigenvalue weighted by molar-refractivity contribution is -0.120. The zero-order valence-corrected chi connectivity index (χ0v) is 8.27. The monoisotopic (exact) mass is 188 g/mol. The molecule has 12 heavy (non-hydrogen) atoms. The van der Waals surface area contributed by atoms with E-state index in [4.69, 9.17) is 11.6 Å². The fraction of sp³-hybridized carbons (Fsp3) is 0.667. The van der Waals surface area contributed by atoms with Gasteiger partial charge in [-0.25, -0.2) is 0 Å². The molecule has 0 fully saturated rings. The Morgan fingerprint density at radius 3 is 2.58 bits per heavy atom. The number of alkyl halides is 1. The normalized spacial score (nSPS) is 29.3. The van der Waals surface area contributed by atoms with Crippen molar-refractivity contribution in [2.24, 2.45) is 5.41 Å². The molecule has 0 radical (unpaired) electrons. The molecule has 0 bridgehead atoms. The van der Waals surface area contributed by atoms with Crippen LogP contribution in [0.1, 0.15) is 27.2 Å². The summed E-state index contributed by atoms with van der Waals surface area (Å²) in [5.41, 5.74) is 0.497. The lowest BCUT2D eigenvalue weighted by atomic mass is 9.76. The van der Waals surface area contributed by atoms with Crippen LogP contribution in [0.4, 0.5) is 0 Å². The van der Waals surface area contributed by atoms with E-state index in [1.165, 1.54) is 0 Å². The molecule has 3 heteroatoms. The van der Waals surface area contributed by atoms with Crippen LogP contribution in [-0.4, -0.2) is 16.3 Å². The average molecular weight is 189 g/mol. The third kappa shape index (κ3) is 1.36. The van der Waals surface area contributed by atoms with E-state index >= 15 is 0 Å². The molecule has 1 aliphatic rings. The highest BCUT2D eigenvalue weighted by atomic mass is 35.5. The third-order valence-electron chi connectivity index (χ3n) is 2.27. The van der Waals surface area contributed by atoms with Gasteiger partial charge in [0.05, 0.1) is 0 Å². The number of hydrogen-bond acceptors (Lipinski definition) is 2. The second-order valence-electron chi connectivity index (χ2n) is 4.02. The van der Waals surface area contributed by atoms with Crippen molar-refractivity contribution < 1.29 is 9.90 Å². The Labute approximate surface area is 77.2 Å². The van der Waals surface area contributed by atoms with E-state index in [9.17, 15) is 9.90 Å². The molecule has 0 aliphatic heterocycles. The van der Waals surface area contributed by atoms with Crippen molar-refractivity contribution in [3.05, 3.63) is 11.3 Å². The Hall–Kier alpha value is -0.500. The minimum atomic E-state index is -0.596. The van der Waals surface area contributed by atoms with Gasteiger partial charge in [0.1, 0.15) is 5.38 Å². The summed E-state index contributed by atoms with van der Waals surface area (Å²) in [4.78, 5) is 11.3. The van der Waals surface area contributed by atoms with Crippen LogP contribution in [0.3, 0.4) is 0 Å². The fourth-order valence-electron chi connectivity index (χ4n) is 1.54. The van der Waals surface area contributed by atoms with E-state index in [0.717, 1.165) is 5.57 Å². The van der Waals surface area contributed by atoms with Gasteiger partial charge in [0.25, 0.3) is 0 Å². The molecular formula is C9H13ClO2. The second kappa shape index (κ2) is 2.77. The van der Waals surface area contributed by atoms with E-state index in [1.807, 2.05) is 13.8 Å². The van der Waals surface area contributed by atoms with Crippen molar-refractivity contribution in [1.29, 1.82) is 0 Å². The number of aliphatic hydroxyl groups is 1. The van der Waals surface area contributed by atoms with E-state index in [-0.39, 0.29) is 17.0 Å². The van der Waals surface area contributed by atoms with E-state index in [2.05, 4.69) is 0 Å². The average Bonchev–Trinajstić information content (AvgIpc) is 1.97. The van der Waals surface area contributed by atoms with Crippen LogP contribution in [-0.2, 0) is 4.79 Å². The number of rotatable bonds is 0. The highest BCUT2D eigenvalue weighted by Crippen LogP contribution is 2.39. The quantitative estimate of drug-likeness (QED) is 0.593. The number of ketones is 1. The molecule has 0 heterocycles. The van der Waals surface area contributed by atoms with Gasteiger partial charge in [0.2, 0.25) is 5.78 Å². The number of carbonyl (C=O) groups is 1. The van der Waals surface area contributed by atoms with Crippen LogP contribution in [0.5, 0.6) is 0 Å². The molecule has 0 aromatic heterocycles. The molecule has 0 aromatic rings. The third-order valence-corrected chi connectivity index (χ3v) is 3.06. The molecule has 0 spiro atoms. The van der Waals surface area contributed by atoms with E-state index < -0.39 is 5.38 Å². The first-order valence-corrected chi connectivity index (χ1v) is 4.37. The molecule has 68 valence electrons. The number of carbonyl (C=O) groups excluding carboxylic acids is 1. The first kappa shape index (κ1) is 9.59. The summed E-state index contributed by atoms with van der Waals surface area (Å²) in [5.74, 6) is -0.486. The molecule has 0 aromatic carbocycles. The maximum Gasteiger partial charge on any atom is 0.215 e. The summed E-state index contributed by atoms with van der Waals surface area (Å²) in [5, 5.41) is 8.70. The zero-order chi connectivity index (χ0) is 9.52. The lowest BCUT2D eigenvalue weighted by Crippen LogP contribution is -2.37. The summed E-state index contributed by atoms with van der Waals surface area (Å²) >= 11 is 5.88. The summed E-state index contributed by atoms with van der Waals surface area (Å²) in [6, 6.07) is 0. The summed E-state index contributed by atoms with van der Waals surface area (Å²) < 4.78 is 0. The van der Waals surface area contributed by atoms with Gasteiger partial charge >= 0.3 is 0 Å². The highest BCUT2D eigenvalue weighted by Gasteiger charge is 2.40. The molecule has 1 rings (SSSR count). The maximum atomic E-state index is 11.3. The molecule has 1 atom stereocenters. The lowest BCUT2D eigenvalue weighted by Gasteiger charge is -2.33. The van der Waals surface area contributed by atoms with Crippen LogP contribution >= 0.6 is 11.6 Å². The fourth-order valence-corrected chi connectivity index (χ4v) is 1.72. The predicted molar refractivity (Wildman–Crippen MR) is 48.4 cm³/mol. The van der Waals surface area contributed by atoms with Crippen molar-refractivity contribution in [3.63, 3.8) is 0 Å². The van der Waals surface area contributed by atoms with Gasteiger partial charge in [-0.3, -0.25) is 4.79 Å². The molecule has 1 aliphatic carbocycles. The Balaban J connectivity index is 3.08. The van der Waals surface area contributed by atoms with Crippen molar-refractivity contribution in [3.8, 4) is 0 Å². The molecule has 0 saturated carbocycles. The van der Waals surface area contributed by atoms with Gasteiger partial charge in [-0.05, 0) is 24.3 Å². The largest absolute Gasteiger partial charge is 0.504 e. The first-order valence-electron chi connectivity index (χ1n) is 3.93. The van der Waals surface area contributed by atoms with Gasteiger partial charge in [-0.15, -0.1) is 11.6 Å². The van der Waals surface area contributed by atoms with Crippen LogP contribution in [0.15, 0.2) is 11.3 Å². The minimum Gasteiger partial charge on any atom is -0.504 e. The van der Waals surface area contributed by atoms with Crippen LogP contribution in [0.25, 0.3) is 0 Å². The zero-order valence-electron chi connectivity index (χ0n) is 7.52. The van der Waals surface area contributed by atoms with Crippen LogP contribution in [0.2, 0.25) is 0 Å².